The van der Waals surface area contributed by atoms with Gasteiger partial charge in [-0.15, -0.1) is 0 Å². The number of benzene rings is 1. The van der Waals surface area contributed by atoms with Crippen molar-refractivity contribution in [2.75, 3.05) is 0 Å². The van der Waals surface area contributed by atoms with E-state index in [9.17, 15) is 5.11 Å². The molecule has 2 aliphatic carbocycles. The Kier molecular flexibility index (Phi) is 2.12. The molecule has 0 bridgehead atoms. The highest BCUT2D eigenvalue weighted by Crippen LogP contribution is 2.65. The van der Waals surface area contributed by atoms with Crippen LogP contribution in [0.5, 0.6) is 0 Å². The predicted molar refractivity (Wildman–Crippen MR) is 66.2 cm³/mol. The van der Waals surface area contributed by atoms with Crippen LogP contribution < -0.4 is 0 Å². The Bertz CT molecular complexity index is 590. The Morgan fingerprint density at radius 1 is 1.28 bits per heavy atom. The standard InChI is InChI=1S/C15H15NO2/c17-7-12-15(18-8-16-12)14-11-6-5-9-3-1-2-4-10(9)13(11)14/h1-4,8,11,13-14,17H,5-7H2. The highest BCUT2D eigenvalue weighted by atomic mass is 16.3. The predicted octanol–water partition coefficient (Wildman–Crippen LogP) is 2.61. The molecule has 2 aromatic rings. The lowest BCUT2D eigenvalue weighted by molar-refractivity contribution is 0.274. The van der Waals surface area contributed by atoms with Gasteiger partial charge in [0, 0.05) is 5.92 Å². The first-order chi connectivity index (χ1) is 8.90. The van der Waals surface area contributed by atoms with Crippen LogP contribution in [0.25, 0.3) is 0 Å². The van der Waals surface area contributed by atoms with E-state index in [2.05, 4.69) is 29.2 Å². The maximum Gasteiger partial charge on any atom is 0.181 e. The molecular weight excluding hydrogens is 226 g/mol. The summed E-state index contributed by atoms with van der Waals surface area (Å²) < 4.78 is 5.52. The van der Waals surface area contributed by atoms with E-state index in [0.29, 0.717) is 23.4 Å². The molecule has 0 spiro atoms. The zero-order valence-electron chi connectivity index (χ0n) is 10.0. The Balaban J connectivity index is 1.73. The van der Waals surface area contributed by atoms with Gasteiger partial charge in [0.05, 0.1) is 6.61 Å². The number of aliphatic hydroxyl groups is 1. The van der Waals surface area contributed by atoms with Crippen LogP contribution in [-0.4, -0.2) is 10.1 Å². The third kappa shape index (κ3) is 1.31. The van der Waals surface area contributed by atoms with Gasteiger partial charge in [0.25, 0.3) is 0 Å². The number of aromatic nitrogens is 1. The third-order valence-corrected chi connectivity index (χ3v) is 4.45. The molecule has 3 atom stereocenters. The quantitative estimate of drug-likeness (QED) is 0.879. The topological polar surface area (TPSA) is 46.3 Å². The molecule has 3 heteroatoms. The Morgan fingerprint density at radius 3 is 3.06 bits per heavy atom. The van der Waals surface area contributed by atoms with Crippen LogP contribution in [-0.2, 0) is 13.0 Å². The van der Waals surface area contributed by atoms with Crippen LogP contribution in [0, 0.1) is 5.92 Å². The molecule has 0 radical (unpaired) electrons. The van der Waals surface area contributed by atoms with Crippen molar-refractivity contribution >= 4 is 0 Å². The Hall–Kier alpha value is -1.61. The summed E-state index contributed by atoms with van der Waals surface area (Å²) in [5.74, 6) is 2.59. The first-order valence-corrected chi connectivity index (χ1v) is 6.51. The van der Waals surface area contributed by atoms with Gasteiger partial charge < -0.3 is 9.52 Å². The van der Waals surface area contributed by atoms with E-state index in [4.69, 9.17) is 4.42 Å². The summed E-state index contributed by atoms with van der Waals surface area (Å²) >= 11 is 0. The van der Waals surface area contributed by atoms with Crippen molar-refractivity contribution in [3.8, 4) is 0 Å². The van der Waals surface area contributed by atoms with Crippen molar-refractivity contribution in [1.29, 1.82) is 0 Å². The zero-order chi connectivity index (χ0) is 12.1. The lowest BCUT2D eigenvalue weighted by atomic mass is 9.92. The molecule has 1 aromatic heterocycles. The average Bonchev–Trinajstić information content (AvgIpc) is 2.98. The van der Waals surface area contributed by atoms with Gasteiger partial charge in [0.2, 0.25) is 0 Å². The molecule has 3 unspecified atom stereocenters. The molecule has 4 rings (SSSR count). The molecule has 1 aromatic carbocycles. The van der Waals surface area contributed by atoms with Gasteiger partial charge in [0.15, 0.2) is 6.39 Å². The summed E-state index contributed by atoms with van der Waals surface area (Å²) in [6.07, 6.45) is 3.84. The second-order valence-corrected chi connectivity index (χ2v) is 5.27. The number of aliphatic hydroxyl groups excluding tert-OH is 1. The normalized spacial score (nSPS) is 28.6. The SMILES string of the molecule is OCc1ncoc1C1C2CCc3ccccc3C21. The fraction of sp³-hybridized carbons (Fsp3) is 0.400. The van der Waals surface area contributed by atoms with Crippen LogP contribution in [0.3, 0.4) is 0 Å². The molecule has 1 N–H and O–H groups in total. The minimum absolute atomic E-state index is 0.0244. The summed E-state index contributed by atoms with van der Waals surface area (Å²) in [6.45, 7) is -0.0244. The lowest BCUT2D eigenvalue weighted by Crippen LogP contribution is -2.00. The van der Waals surface area contributed by atoms with Crippen molar-refractivity contribution in [1.82, 2.24) is 4.98 Å². The van der Waals surface area contributed by atoms with Crippen molar-refractivity contribution in [3.63, 3.8) is 0 Å². The number of oxazole rings is 1. The molecule has 0 amide bonds. The van der Waals surface area contributed by atoms with Crippen molar-refractivity contribution in [2.45, 2.75) is 31.3 Å². The smallest absolute Gasteiger partial charge is 0.181 e. The molecule has 92 valence electrons. The van der Waals surface area contributed by atoms with E-state index in [1.807, 2.05) is 0 Å². The summed E-state index contributed by atoms with van der Waals surface area (Å²) in [6, 6.07) is 8.70. The van der Waals surface area contributed by atoms with Gasteiger partial charge in [-0.2, -0.15) is 0 Å². The molecule has 1 fully saturated rings. The largest absolute Gasteiger partial charge is 0.448 e. The van der Waals surface area contributed by atoms with Gasteiger partial charge in [-0.3, -0.25) is 0 Å². The fourth-order valence-electron chi connectivity index (χ4n) is 3.59. The molecule has 2 aliphatic rings. The Morgan fingerprint density at radius 2 is 2.17 bits per heavy atom. The second kappa shape index (κ2) is 3.69. The maximum atomic E-state index is 9.29. The minimum Gasteiger partial charge on any atom is -0.448 e. The van der Waals surface area contributed by atoms with Crippen LogP contribution in [0.1, 0.15) is 40.8 Å². The van der Waals surface area contributed by atoms with Gasteiger partial charge in [-0.05, 0) is 35.8 Å². The second-order valence-electron chi connectivity index (χ2n) is 5.27. The number of rotatable bonds is 2. The third-order valence-electron chi connectivity index (χ3n) is 4.45. The van der Waals surface area contributed by atoms with E-state index >= 15 is 0 Å². The molecule has 18 heavy (non-hydrogen) atoms. The van der Waals surface area contributed by atoms with E-state index in [0.717, 1.165) is 12.2 Å². The highest BCUT2D eigenvalue weighted by Gasteiger charge is 2.56. The first-order valence-electron chi connectivity index (χ1n) is 6.51. The molecule has 1 saturated carbocycles. The van der Waals surface area contributed by atoms with Crippen LogP contribution in [0.4, 0.5) is 0 Å². The van der Waals surface area contributed by atoms with E-state index in [1.165, 1.54) is 23.9 Å². The molecular formula is C15H15NO2. The first kappa shape index (κ1) is 10.3. The van der Waals surface area contributed by atoms with Crippen molar-refractivity contribution in [2.24, 2.45) is 5.92 Å². The fourth-order valence-corrected chi connectivity index (χ4v) is 3.59. The van der Waals surface area contributed by atoms with E-state index in [1.54, 1.807) is 0 Å². The van der Waals surface area contributed by atoms with E-state index < -0.39 is 0 Å². The molecule has 1 heterocycles. The highest BCUT2D eigenvalue weighted by molar-refractivity contribution is 5.44. The maximum absolute atomic E-state index is 9.29. The Labute approximate surface area is 105 Å². The van der Waals surface area contributed by atoms with E-state index in [-0.39, 0.29) is 6.61 Å². The van der Waals surface area contributed by atoms with Gasteiger partial charge >= 0.3 is 0 Å². The summed E-state index contributed by atoms with van der Waals surface area (Å²) in [4.78, 5) is 4.09. The number of aryl methyl sites for hydroxylation is 1. The van der Waals surface area contributed by atoms with Crippen LogP contribution in [0.2, 0.25) is 0 Å². The lowest BCUT2D eigenvalue weighted by Gasteiger charge is -2.13. The monoisotopic (exact) mass is 241 g/mol. The van der Waals surface area contributed by atoms with Crippen LogP contribution >= 0.6 is 0 Å². The minimum atomic E-state index is -0.0244. The molecule has 0 saturated heterocycles. The number of fused-ring (bicyclic) bond motifs is 3. The summed E-state index contributed by atoms with van der Waals surface area (Å²) in [5.41, 5.74) is 3.66. The van der Waals surface area contributed by atoms with Crippen molar-refractivity contribution in [3.05, 3.63) is 53.2 Å². The number of nitrogens with zero attached hydrogens (tertiary/aromatic N) is 1. The van der Waals surface area contributed by atoms with Gasteiger partial charge in [0.1, 0.15) is 11.5 Å². The summed E-state index contributed by atoms with van der Waals surface area (Å²) in [7, 11) is 0. The van der Waals surface area contributed by atoms with Crippen LogP contribution in [0.15, 0.2) is 35.1 Å². The number of hydrogen-bond donors (Lipinski definition) is 1. The zero-order valence-corrected chi connectivity index (χ0v) is 10.0. The molecule has 3 nitrogen and oxygen atoms in total. The van der Waals surface area contributed by atoms with Gasteiger partial charge in [-0.1, -0.05) is 24.3 Å². The average molecular weight is 241 g/mol. The summed E-state index contributed by atoms with van der Waals surface area (Å²) in [5, 5.41) is 9.29. The van der Waals surface area contributed by atoms with Crippen molar-refractivity contribution < 1.29 is 9.52 Å². The molecule has 0 aliphatic heterocycles. The van der Waals surface area contributed by atoms with Gasteiger partial charge in [-0.25, -0.2) is 4.98 Å². The number of hydrogen-bond acceptors (Lipinski definition) is 3.